The molecule has 0 saturated carbocycles. The van der Waals surface area contributed by atoms with Crippen LogP contribution >= 0.6 is 0 Å². The van der Waals surface area contributed by atoms with Crippen molar-refractivity contribution in [1.29, 1.82) is 0 Å². The Hall–Kier alpha value is -0.200. The molecule has 0 atom stereocenters. The highest BCUT2D eigenvalue weighted by molar-refractivity contribution is 4.42. The van der Waals surface area contributed by atoms with Crippen molar-refractivity contribution in [2.75, 3.05) is 52.9 Å². The molecule has 5 heteroatoms. The van der Waals surface area contributed by atoms with Gasteiger partial charge >= 0.3 is 0 Å². The average molecular weight is 278 g/mol. The van der Waals surface area contributed by atoms with Crippen LogP contribution in [0, 0.1) is 0 Å². The standard InChI is InChI=1S/C12H28N2O3.C2H6/c1-2-3-6-15-8-10-17-11-9-16-7-4-5-14-12-13;1-2/h14H,2-13H2,1H3;1-2H3. The second kappa shape index (κ2) is 22.9. The number of nitrogens with one attached hydrogen (secondary N) is 1. The number of ether oxygens (including phenoxy) is 3. The highest BCUT2D eigenvalue weighted by Crippen LogP contribution is 1.88. The van der Waals surface area contributed by atoms with Crippen molar-refractivity contribution in [3.8, 4) is 0 Å². The van der Waals surface area contributed by atoms with Crippen molar-refractivity contribution >= 4 is 0 Å². The van der Waals surface area contributed by atoms with Gasteiger partial charge in [0.2, 0.25) is 0 Å². The largest absolute Gasteiger partial charge is 0.379 e. The molecule has 0 aromatic carbocycles. The van der Waals surface area contributed by atoms with E-state index in [1.807, 2.05) is 13.8 Å². The van der Waals surface area contributed by atoms with E-state index in [0.29, 0.717) is 33.1 Å². The molecule has 0 aliphatic carbocycles. The molecule has 0 heterocycles. The third-order valence-electron chi connectivity index (χ3n) is 2.17. The van der Waals surface area contributed by atoms with Gasteiger partial charge in [0.25, 0.3) is 0 Å². The first-order valence-electron chi connectivity index (χ1n) is 7.55. The lowest BCUT2D eigenvalue weighted by Gasteiger charge is -2.06. The molecule has 3 N–H and O–H groups in total. The summed E-state index contributed by atoms with van der Waals surface area (Å²) in [5.41, 5.74) is 5.28. The van der Waals surface area contributed by atoms with Gasteiger partial charge in [-0.2, -0.15) is 0 Å². The van der Waals surface area contributed by atoms with E-state index in [1.54, 1.807) is 0 Å². The van der Waals surface area contributed by atoms with Crippen molar-refractivity contribution in [3.63, 3.8) is 0 Å². The summed E-state index contributed by atoms with van der Waals surface area (Å²) >= 11 is 0. The normalized spacial score (nSPS) is 10.1. The van der Waals surface area contributed by atoms with Crippen molar-refractivity contribution in [2.24, 2.45) is 5.73 Å². The zero-order valence-electron chi connectivity index (χ0n) is 13.1. The molecule has 5 nitrogen and oxygen atoms in total. The first-order chi connectivity index (χ1) is 9.41. The maximum Gasteiger partial charge on any atom is 0.0701 e. The molecule has 0 rings (SSSR count). The van der Waals surface area contributed by atoms with E-state index in [9.17, 15) is 0 Å². The van der Waals surface area contributed by atoms with E-state index < -0.39 is 0 Å². The van der Waals surface area contributed by atoms with Crippen LogP contribution in [0.3, 0.4) is 0 Å². The van der Waals surface area contributed by atoms with Crippen LogP contribution in [0.15, 0.2) is 0 Å². The molecule has 0 saturated heterocycles. The summed E-state index contributed by atoms with van der Waals surface area (Å²) in [6.45, 7) is 11.8. The fraction of sp³-hybridized carbons (Fsp3) is 1.00. The van der Waals surface area contributed by atoms with Crippen LogP contribution in [0.25, 0.3) is 0 Å². The molecule has 19 heavy (non-hydrogen) atoms. The Morgan fingerprint density at radius 3 is 1.74 bits per heavy atom. The Bertz CT molecular complexity index is 124. The smallest absolute Gasteiger partial charge is 0.0701 e. The molecular formula is C14H34N2O3. The predicted molar refractivity (Wildman–Crippen MR) is 80.4 cm³/mol. The average Bonchev–Trinajstić information content (AvgIpc) is 2.46. The Labute approximate surface area is 119 Å². The number of nitrogens with two attached hydrogens (primary N) is 1. The minimum absolute atomic E-state index is 0.529. The summed E-state index contributed by atoms with van der Waals surface area (Å²) in [5, 5.41) is 3.03. The molecule has 0 aliphatic heterocycles. The summed E-state index contributed by atoms with van der Waals surface area (Å²) in [6, 6.07) is 0. The molecule has 0 aliphatic rings. The number of hydrogen-bond donors (Lipinski definition) is 2. The van der Waals surface area contributed by atoms with Gasteiger partial charge in [0.05, 0.1) is 26.4 Å². The Kier molecular flexibility index (Phi) is 25.5. The van der Waals surface area contributed by atoms with Crippen LogP contribution in [0.4, 0.5) is 0 Å². The molecule has 0 aromatic rings. The van der Waals surface area contributed by atoms with Gasteiger partial charge in [0.1, 0.15) is 0 Å². The summed E-state index contributed by atoms with van der Waals surface area (Å²) in [5.74, 6) is 0. The summed E-state index contributed by atoms with van der Waals surface area (Å²) in [4.78, 5) is 0. The molecule has 0 aromatic heterocycles. The molecule has 0 amide bonds. The van der Waals surface area contributed by atoms with Gasteiger partial charge in [-0.05, 0) is 19.4 Å². The maximum atomic E-state index is 5.38. The van der Waals surface area contributed by atoms with Gasteiger partial charge in [-0.1, -0.05) is 27.2 Å². The third kappa shape index (κ3) is 23.3. The first-order valence-corrected chi connectivity index (χ1v) is 7.55. The second-order valence-electron chi connectivity index (χ2n) is 3.75. The highest BCUT2D eigenvalue weighted by atomic mass is 16.5. The van der Waals surface area contributed by atoms with Crippen LogP contribution in [0.5, 0.6) is 0 Å². The predicted octanol–water partition coefficient (Wildman–Crippen LogP) is 1.76. The summed E-state index contributed by atoms with van der Waals surface area (Å²) in [6.07, 6.45) is 3.28. The molecule has 0 unspecified atom stereocenters. The molecule has 118 valence electrons. The number of unbranched alkanes of at least 4 members (excludes halogenated alkanes) is 1. The lowest BCUT2D eigenvalue weighted by Crippen LogP contribution is -2.24. The van der Waals surface area contributed by atoms with Gasteiger partial charge < -0.3 is 25.3 Å². The maximum absolute atomic E-state index is 5.38. The van der Waals surface area contributed by atoms with Gasteiger partial charge in [0.15, 0.2) is 0 Å². The zero-order valence-corrected chi connectivity index (χ0v) is 13.1. The van der Waals surface area contributed by atoms with Crippen molar-refractivity contribution in [2.45, 2.75) is 40.0 Å². The van der Waals surface area contributed by atoms with Gasteiger partial charge in [-0.15, -0.1) is 0 Å². The van der Waals surface area contributed by atoms with E-state index in [0.717, 1.165) is 32.6 Å². The van der Waals surface area contributed by atoms with Gasteiger partial charge in [-0.25, -0.2) is 0 Å². The monoisotopic (exact) mass is 278 g/mol. The topological polar surface area (TPSA) is 65.7 Å². The summed E-state index contributed by atoms with van der Waals surface area (Å²) < 4.78 is 16.1. The summed E-state index contributed by atoms with van der Waals surface area (Å²) in [7, 11) is 0. The Morgan fingerprint density at radius 1 is 0.789 bits per heavy atom. The van der Waals surface area contributed by atoms with E-state index in [4.69, 9.17) is 19.9 Å². The van der Waals surface area contributed by atoms with Crippen LogP contribution in [-0.2, 0) is 14.2 Å². The van der Waals surface area contributed by atoms with E-state index >= 15 is 0 Å². The molecule has 0 radical (unpaired) electrons. The fourth-order valence-electron chi connectivity index (χ4n) is 1.19. The second-order valence-corrected chi connectivity index (χ2v) is 3.75. The van der Waals surface area contributed by atoms with E-state index in [-0.39, 0.29) is 0 Å². The van der Waals surface area contributed by atoms with Gasteiger partial charge in [0, 0.05) is 19.9 Å². The Balaban J connectivity index is 0. The van der Waals surface area contributed by atoms with Gasteiger partial charge in [-0.3, -0.25) is 0 Å². The molecular weight excluding hydrogens is 244 g/mol. The van der Waals surface area contributed by atoms with Crippen LogP contribution in [0.2, 0.25) is 0 Å². The number of rotatable bonds is 14. The lowest BCUT2D eigenvalue weighted by molar-refractivity contribution is 0.0137. The van der Waals surface area contributed by atoms with Crippen molar-refractivity contribution < 1.29 is 14.2 Å². The van der Waals surface area contributed by atoms with E-state index in [2.05, 4.69) is 12.2 Å². The van der Waals surface area contributed by atoms with Crippen LogP contribution in [-0.4, -0.2) is 52.9 Å². The fourth-order valence-corrected chi connectivity index (χ4v) is 1.19. The number of hydrogen-bond acceptors (Lipinski definition) is 5. The minimum atomic E-state index is 0.529. The molecule has 0 spiro atoms. The SMILES string of the molecule is CC.CCCCOCCOCCOCCCNCN. The van der Waals surface area contributed by atoms with Crippen LogP contribution < -0.4 is 11.1 Å². The third-order valence-corrected chi connectivity index (χ3v) is 2.17. The van der Waals surface area contributed by atoms with E-state index in [1.165, 1.54) is 6.42 Å². The first kappa shape index (κ1) is 21.1. The molecule has 0 fully saturated rings. The Morgan fingerprint density at radius 2 is 1.26 bits per heavy atom. The van der Waals surface area contributed by atoms with Crippen molar-refractivity contribution in [1.82, 2.24) is 5.32 Å². The van der Waals surface area contributed by atoms with Crippen LogP contribution in [0.1, 0.15) is 40.0 Å². The quantitative estimate of drug-likeness (QED) is 0.374. The highest BCUT2D eigenvalue weighted by Gasteiger charge is 1.91. The molecule has 0 bridgehead atoms. The minimum Gasteiger partial charge on any atom is -0.379 e. The van der Waals surface area contributed by atoms with Crippen molar-refractivity contribution in [3.05, 3.63) is 0 Å². The zero-order chi connectivity index (χ0) is 14.6. The lowest BCUT2D eigenvalue weighted by atomic mass is 10.4.